The Kier molecular flexibility index (Phi) is 3.93. The molecule has 1 nitrogen and oxygen atoms in total. The first kappa shape index (κ1) is 13.2. The second-order valence-electron chi connectivity index (χ2n) is 6.90. The van der Waals surface area contributed by atoms with E-state index < -0.39 is 0 Å². The van der Waals surface area contributed by atoms with Crippen molar-refractivity contribution in [3.05, 3.63) is 35.9 Å². The van der Waals surface area contributed by atoms with Gasteiger partial charge in [0.2, 0.25) is 0 Å². The maximum Gasteiger partial charge on any atom is 0.0157 e. The van der Waals surface area contributed by atoms with Gasteiger partial charge in [0.1, 0.15) is 0 Å². The zero-order chi connectivity index (χ0) is 13.1. The van der Waals surface area contributed by atoms with Gasteiger partial charge in [0.05, 0.1) is 0 Å². The molecular formula is C18H27N. The molecule has 1 heteroatoms. The van der Waals surface area contributed by atoms with Crippen LogP contribution >= 0.6 is 0 Å². The van der Waals surface area contributed by atoms with Crippen LogP contribution in [0, 0.1) is 5.92 Å². The quantitative estimate of drug-likeness (QED) is 0.840. The highest BCUT2D eigenvalue weighted by atomic mass is 14.7. The summed E-state index contributed by atoms with van der Waals surface area (Å²) in [7, 11) is 0. The number of hydrogen-bond donors (Lipinski definition) is 1. The summed E-state index contributed by atoms with van der Waals surface area (Å²) in [5.74, 6) is 1.68. The second kappa shape index (κ2) is 5.66. The lowest BCUT2D eigenvalue weighted by molar-refractivity contribution is 0.223. The summed E-state index contributed by atoms with van der Waals surface area (Å²) in [6.07, 6.45) is 12.0. The van der Waals surface area contributed by atoms with Gasteiger partial charge in [-0.25, -0.2) is 0 Å². The van der Waals surface area contributed by atoms with Gasteiger partial charge in [0, 0.05) is 5.54 Å². The van der Waals surface area contributed by atoms with E-state index in [0.29, 0.717) is 0 Å². The van der Waals surface area contributed by atoms with Crippen LogP contribution < -0.4 is 5.73 Å². The van der Waals surface area contributed by atoms with Crippen molar-refractivity contribution < 1.29 is 0 Å². The maximum atomic E-state index is 6.68. The molecule has 1 aromatic rings. The van der Waals surface area contributed by atoms with Crippen molar-refractivity contribution in [2.75, 3.05) is 0 Å². The molecular weight excluding hydrogens is 230 g/mol. The molecule has 0 heterocycles. The fraction of sp³-hybridized carbons (Fsp3) is 0.667. The molecule has 0 aliphatic heterocycles. The molecule has 2 saturated carbocycles. The summed E-state index contributed by atoms with van der Waals surface area (Å²) >= 11 is 0. The summed E-state index contributed by atoms with van der Waals surface area (Å²) in [4.78, 5) is 0. The largest absolute Gasteiger partial charge is 0.325 e. The molecule has 0 amide bonds. The van der Waals surface area contributed by atoms with E-state index in [1.165, 1.54) is 63.4 Å². The molecule has 2 N–H and O–H groups in total. The van der Waals surface area contributed by atoms with Gasteiger partial charge in [-0.3, -0.25) is 0 Å². The summed E-state index contributed by atoms with van der Waals surface area (Å²) in [5, 5.41) is 0. The normalized spacial score (nSPS) is 32.6. The Morgan fingerprint density at radius 2 is 1.58 bits per heavy atom. The monoisotopic (exact) mass is 257 g/mol. The highest BCUT2D eigenvalue weighted by molar-refractivity contribution is 5.20. The van der Waals surface area contributed by atoms with Gasteiger partial charge in [-0.05, 0) is 49.5 Å². The van der Waals surface area contributed by atoms with Gasteiger partial charge < -0.3 is 5.73 Å². The van der Waals surface area contributed by atoms with Crippen LogP contribution in [0.5, 0.6) is 0 Å². The fourth-order valence-electron chi connectivity index (χ4n) is 4.24. The van der Waals surface area contributed by atoms with E-state index in [-0.39, 0.29) is 5.54 Å². The third-order valence-electron chi connectivity index (χ3n) is 5.42. The Morgan fingerprint density at radius 1 is 0.947 bits per heavy atom. The van der Waals surface area contributed by atoms with Crippen LogP contribution in [0.3, 0.4) is 0 Å². The third kappa shape index (κ3) is 3.20. The van der Waals surface area contributed by atoms with E-state index in [0.717, 1.165) is 11.8 Å². The van der Waals surface area contributed by atoms with Crippen LogP contribution in [0.1, 0.15) is 69.3 Å². The first-order valence-corrected chi connectivity index (χ1v) is 8.09. The van der Waals surface area contributed by atoms with E-state index >= 15 is 0 Å². The summed E-state index contributed by atoms with van der Waals surface area (Å²) < 4.78 is 0. The topological polar surface area (TPSA) is 26.0 Å². The molecule has 0 aromatic heterocycles. The zero-order valence-corrected chi connectivity index (χ0v) is 12.0. The maximum absolute atomic E-state index is 6.68. The Balaban J connectivity index is 1.56. The van der Waals surface area contributed by atoms with Crippen LogP contribution in [0.4, 0.5) is 0 Å². The first-order valence-electron chi connectivity index (χ1n) is 8.09. The van der Waals surface area contributed by atoms with Gasteiger partial charge in [0.25, 0.3) is 0 Å². The van der Waals surface area contributed by atoms with E-state index in [4.69, 9.17) is 5.73 Å². The SMILES string of the molecule is NC1(CC2CCCC2)CCC(c2ccccc2)CC1. The minimum absolute atomic E-state index is 0.153. The van der Waals surface area contributed by atoms with Gasteiger partial charge in [0.15, 0.2) is 0 Å². The average Bonchev–Trinajstić information content (AvgIpc) is 2.93. The fourth-order valence-corrected chi connectivity index (χ4v) is 4.24. The molecule has 0 saturated heterocycles. The molecule has 0 atom stereocenters. The third-order valence-corrected chi connectivity index (χ3v) is 5.42. The molecule has 0 spiro atoms. The number of hydrogen-bond acceptors (Lipinski definition) is 1. The molecule has 3 rings (SSSR count). The summed E-state index contributed by atoms with van der Waals surface area (Å²) in [5.41, 5.74) is 8.35. The van der Waals surface area contributed by atoms with E-state index in [2.05, 4.69) is 30.3 Å². The van der Waals surface area contributed by atoms with Crippen LogP contribution in [0.25, 0.3) is 0 Å². The zero-order valence-electron chi connectivity index (χ0n) is 12.0. The molecule has 19 heavy (non-hydrogen) atoms. The van der Waals surface area contributed by atoms with Gasteiger partial charge in [-0.1, -0.05) is 56.0 Å². The van der Waals surface area contributed by atoms with E-state index in [1.807, 2.05) is 0 Å². The molecule has 2 aliphatic carbocycles. The van der Waals surface area contributed by atoms with Crippen molar-refractivity contribution in [3.8, 4) is 0 Å². The molecule has 0 bridgehead atoms. The second-order valence-corrected chi connectivity index (χ2v) is 6.90. The molecule has 1 aromatic carbocycles. The Morgan fingerprint density at radius 3 is 2.21 bits per heavy atom. The van der Waals surface area contributed by atoms with Gasteiger partial charge >= 0.3 is 0 Å². The lowest BCUT2D eigenvalue weighted by Gasteiger charge is -2.39. The van der Waals surface area contributed by atoms with Crippen LogP contribution in [0.15, 0.2) is 30.3 Å². The Labute approximate surface area is 117 Å². The van der Waals surface area contributed by atoms with Crippen LogP contribution in [-0.2, 0) is 0 Å². The van der Waals surface area contributed by atoms with Crippen LogP contribution in [0.2, 0.25) is 0 Å². The number of benzene rings is 1. The molecule has 2 aliphatic rings. The molecule has 104 valence electrons. The Bertz CT molecular complexity index is 383. The first-order chi connectivity index (χ1) is 9.25. The average molecular weight is 257 g/mol. The van der Waals surface area contributed by atoms with E-state index in [9.17, 15) is 0 Å². The van der Waals surface area contributed by atoms with Crippen molar-refractivity contribution in [3.63, 3.8) is 0 Å². The van der Waals surface area contributed by atoms with Crippen molar-refractivity contribution in [2.24, 2.45) is 11.7 Å². The molecule has 0 unspecified atom stereocenters. The lowest BCUT2D eigenvalue weighted by Crippen LogP contribution is -2.44. The molecule has 0 radical (unpaired) electrons. The van der Waals surface area contributed by atoms with Crippen molar-refractivity contribution in [1.82, 2.24) is 0 Å². The summed E-state index contributed by atoms with van der Waals surface area (Å²) in [6.45, 7) is 0. The number of rotatable bonds is 3. The highest BCUT2D eigenvalue weighted by Gasteiger charge is 2.34. The van der Waals surface area contributed by atoms with Gasteiger partial charge in [-0.15, -0.1) is 0 Å². The predicted octanol–water partition coefficient (Wildman–Crippen LogP) is 4.62. The van der Waals surface area contributed by atoms with Crippen molar-refractivity contribution >= 4 is 0 Å². The predicted molar refractivity (Wildman–Crippen MR) is 81.1 cm³/mol. The van der Waals surface area contributed by atoms with Crippen molar-refractivity contribution in [2.45, 2.75) is 69.2 Å². The summed E-state index contributed by atoms with van der Waals surface area (Å²) in [6, 6.07) is 11.0. The minimum atomic E-state index is 0.153. The standard InChI is InChI=1S/C18H27N/c19-18(14-15-6-4-5-7-15)12-10-17(11-13-18)16-8-2-1-3-9-16/h1-3,8-9,15,17H,4-7,10-14,19H2. The number of nitrogens with two attached hydrogens (primary N) is 1. The smallest absolute Gasteiger partial charge is 0.0157 e. The lowest BCUT2D eigenvalue weighted by atomic mass is 9.71. The Hall–Kier alpha value is -0.820. The molecule has 2 fully saturated rings. The highest BCUT2D eigenvalue weighted by Crippen LogP contribution is 2.42. The van der Waals surface area contributed by atoms with Gasteiger partial charge in [-0.2, -0.15) is 0 Å². The van der Waals surface area contributed by atoms with Crippen LogP contribution in [-0.4, -0.2) is 5.54 Å². The van der Waals surface area contributed by atoms with E-state index in [1.54, 1.807) is 0 Å². The van der Waals surface area contributed by atoms with Crippen molar-refractivity contribution in [1.29, 1.82) is 0 Å². The minimum Gasteiger partial charge on any atom is -0.325 e.